The number of aromatic nitrogens is 4. The molecule has 0 amide bonds. The molecule has 0 saturated carbocycles. The number of hydrogen-bond donors (Lipinski definition) is 0. The molecule has 9 heteroatoms. The number of carbonyl (C=O) groups is 2. The van der Waals surface area contributed by atoms with Crippen LogP contribution in [0.1, 0.15) is 43.4 Å². The van der Waals surface area contributed by atoms with Gasteiger partial charge in [-0.2, -0.15) is 5.10 Å². The van der Waals surface area contributed by atoms with Crippen LogP contribution in [0.15, 0.2) is 36.5 Å². The minimum Gasteiger partial charge on any atom is -0.493 e. The Labute approximate surface area is 209 Å². The van der Waals surface area contributed by atoms with Gasteiger partial charge in [-0.3, -0.25) is 9.48 Å². The summed E-state index contributed by atoms with van der Waals surface area (Å²) in [5.74, 6) is 0.522. The van der Waals surface area contributed by atoms with E-state index in [-0.39, 0.29) is 18.0 Å². The number of benzene rings is 1. The molecule has 0 fully saturated rings. The largest absolute Gasteiger partial charge is 0.493 e. The van der Waals surface area contributed by atoms with Crippen molar-refractivity contribution in [1.29, 1.82) is 0 Å². The second-order valence-corrected chi connectivity index (χ2v) is 8.68. The van der Waals surface area contributed by atoms with E-state index in [1.165, 1.54) is 6.20 Å². The van der Waals surface area contributed by atoms with E-state index in [1.54, 1.807) is 32.0 Å². The number of Topliss-reactive ketones (excluding diaryl/α,β-unsaturated/α-hetero) is 1. The molecular formula is C27H30N4O5. The first kappa shape index (κ1) is 25.0. The average molecular weight is 491 g/mol. The quantitative estimate of drug-likeness (QED) is 0.258. The molecule has 3 heterocycles. The summed E-state index contributed by atoms with van der Waals surface area (Å²) in [7, 11) is 5.02. The van der Waals surface area contributed by atoms with E-state index in [1.807, 2.05) is 45.0 Å². The average Bonchev–Trinajstić information content (AvgIpc) is 3.33. The third-order valence-electron chi connectivity index (χ3n) is 6.38. The number of hydrogen-bond acceptors (Lipinski definition) is 7. The Morgan fingerprint density at radius 3 is 2.47 bits per heavy atom. The molecule has 36 heavy (non-hydrogen) atoms. The van der Waals surface area contributed by atoms with E-state index in [4.69, 9.17) is 14.2 Å². The molecule has 3 aromatic heterocycles. The minimum atomic E-state index is -0.594. The molecule has 4 rings (SSSR count). The van der Waals surface area contributed by atoms with Crippen molar-refractivity contribution in [2.24, 2.45) is 7.05 Å². The van der Waals surface area contributed by atoms with E-state index in [9.17, 15) is 9.59 Å². The van der Waals surface area contributed by atoms with Crippen molar-refractivity contribution >= 4 is 22.8 Å². The first-order valence-electron chi connectivity index (χ1n) is 11.6. The smallest absolute Gasteiger partial charge is 0.340 e. The van der Waals surface area contributed by atoms with Gasteiger partial charge in [0.25, 0.3) is 0 Å². The van der Waals surface area contributed by atoms with Crippen LogP contribution in [0.25, 0.3) is 11.0 Å². The summed E-state index contributed by atoms with van der Waals surface area (Å²) in [6.45, 7) is 6.06. The topological polar surface area (TPSA) is 97.5 Å². The van der Waals surface area contributed by atoms with Crippen LogP contribution in [0.3, 0.4) is 0 Å². The van der Waals surface area contributed by atoms with Crippen molar-refractivity contribution in [3.05, 3.63) is 70.3 Å². The van der Waals surface area contributed by atoms with E-state index >= 15 is 0 Å². The summed E-state index contributed by atoms with van der Waals surface area (Å²) >= 11 is 0. The first-order chi connectivity index (χ1) is 17.2. The van der Waals surface area contributed by atoms with Gasteiger partial charge in [0.1, 0.15) is 0 Å². The van der Waals surface area contributed by atoms with Gasteiger partial charge in [0.05, 0.1) is 25.5 Å². The summed E-state index contributed by atoms with van der Waals surface area (Å²) in [5.41, 5.74) is 5.17. The molecule has 0 saturated heterocycles. The summed E-state index contributed by atoms with van der Waals surface area (Å²) in [6, 6.07) is 9.37. The molecule has 1 aromatic carbocycles. The van der Waals surface area contributed by atoms with Gasteiger partial charge >= 0.3 is 5.97 Å². The number of rotatable bonds is 9. The Morgan fingerprint density at radius 2 is 1.75 bits per heavy atom. The van der Waals surface area contributed by atoms with Crippen molar-refractivity contribution < 1.29 is 23.8 Å². The third kappa shape index (κ3) is 4.82. The Balaban J connectivity index is 1.42. The molecule has 0 atom stereocenters. The Kier molecular flexibility index (Phi) is 7.10. The summed E-state index contributed by atoms with van der Waals surface area (Å²) in [4.78, 5) is 29.8. The van der Waals surface area contributed by atoms with Crippen molar-refractivity contribution in [3.8, 4) is 11.5 Å². The number of nitrogens with zero attached hydrogens (tertiary/aromatic N) is 4. The predicted molar refractivity (Wildman–Crippen MR) is 135 cm³/mol. The first-order valence-corrected chi connectivity index (χ1v) is 11.6. The van der Waals surface area contributed by atoms with Gasteiger partial charge in [0.2, 0.25) is 5.78 Å². The van der Waals surface area contributed by atoms with Crippen LogP contribution in [-0.4, -0.2) is 51.9 Å². The minimum absolute atomic E-state index is 0.250. The Hall–Kier alpha value is -4.14. The molecule has 0 aliphatic rings. The van der Waals surface area contributed by atoms with Crippen LogP contribution >= 0.6 is 0 Å². The van der Waals surface area contributed by atoms with Crippen LogP contribution in [0.2, 0.25) is 0 Å². The standard InChI is InChI=1S/C27H30N4O5/c1-16-11-22(18(3)31(16)10-9-19-7-8-24(34-5)25(12-19)35-6)23(32)15-36-27(33)20-13-21-17(2)29-30(4)26(21)28-14-20/h7-8,11-14H,9-10,15H2,1-6H3. The van der Waals surface area contributed by atoms with Crippen LogP contribution in [0, 0.1) is 20.8 Å². The van der Waals surface area contributed by atoms with Crippen LogP contribution < -0.4 is 9.47 Å². The lowest BCUT2D eigenvalue weighted by Gasteiger charge is -2.12. The van der Waals surface area contributed by atoms with Gasteiger partial charge in [-0.05, 0) is 57.0 Å². The van der Waals surface area contributed by atoms with Gasteiger partial charge < -0.3 is 18.8 Å². The van der Waals surface area contributed by atoms with Crippen molar-refractivity contribution in [3.63, 3.8) is 0 Å². The highest BCUT2D eigenvalue weighted by molar-refractivity contribution is 6.01. The number of ether oxygens (including phenoxy) is 3. The fourth-order valence-corrected chi connectivity index (χ4v) is 4.42. The zero-order chi connectivity index (χ0) is 26.0. The Bertz CT molecular complexity index is 1450. The summed E-state index contributed by atoms with van der Waals surface area (Å²) in [5, 5.41) is 5.08. The van der Waals surface area contributed by atoms with Gasteiger partial charge in [-0.25, -0.2) is 9.78 Å². The van der Waals surface area contributed by atoms with E-state index in [0.29, 0.717) is 29.3 Å². The number of methoxy groups -OCH3 is 2. The van der Waals surface area contributed by atoms with Crippen LogP contribution in [0.5, 0.6) is 11.5 Å². The second-order valence-electron chi connectivity index (χ2n) is 8.68. The highest BCUT2D eigenvalue weighted by Crippen LogP contribution is 2.28. The molecule has 0 aliphatic heterocycles. The Morgan fingerprint density at radius 1 is 1.00 bits per heavy atom. The molecule has 0 bridgehead atoms. The summed E-state index contributed by atoms with van der Waals surface area (Å²) < 4.78 is 19.8. The van der Waals surface area contributed by atoms with E-state index < -0.39 is 5.97 Å². The normalized spacial score (nSPS) is 11.1. The summed E-state index contributed by atoms with van der Waals surface area (Å²) in [6.07, 6.45) is 2.19. The molecule has 4 aromatic rings. The maximum atomic E-state index is 12.9. The predicted octanol–water partition coefficient (Wildman–Crippen LogP) is 3.99. The maximum Gasteiger partial charge on any atom is 0.340 e. The lowest BCUT2D eigenvalue weighted by molar-refractivity contribution is 0.0474. The monoisotopic (exact) mass is 490 g/mol. The maximum absolute atomic E-state index is 12.9. The second kappa shape index (κ2) is 10.2. The van der Waals surface area contributed by atoms with Crippen molar-refractivity contribution in [2.45, 2.75) is 33.7 Å². The molecule has 0 aliphatic carbocycles. The number of ketones is 1. The highest BCUT2D eigenvalue weighted by Gasteiger charge is 2.19. The zero-order valence-electron chi connectivity index (χ0n) is 21.4. The highest BCUT2D eigenvalue weighted by atomic mass is 16.5. The number of esters is 1. The number of pyridine rings is 1. The van der Waals surface area contributed by atoms with E-state index in [2.05, 4.69) is 14.6 Å². The van der Waals surface area contributed by atoms with Crippen LogP contribution in [0.4, 0.5) is 0 Å². The number of fused-ring (bicyclic) bond motifs is 1. The zero-order valence-corrected chi connectivity index (χ0v) is 21.4. The van der Waals surface area contributed by atoms with Gasteiger partial charge in [0.15, 0.2) is 23.8 Å². The van der Waals surface area contributed by atoms with Crippen molar-refractivity contribution in [1.82, 2.24) is 19.3 Å². The van der Waals surface area contributed by atoms with Crippen molar-refractivity contribution in [2.75, 3.05) is 20.8 Å². The van der Waals surface area contributed by atoms with E-state index in [0.717, 1.165) is 34.5 Å². The fourth-order valence-electron chi connectivity index (χ4n) is 4.42. The lowest BCUT2D eigenvalue weighted by Crippen LogP contribution is -2.15. The lowest BCUT2D eigenvalue weighted by atomic mass is 10.1. The fraction of sp³-hybridized carbons (Fsp3) is 0.333. The number of aryl methyl sites for hydroxylation is 4. The molecule has 0 radical (unpaired) electrons. The molecule has 9 nitrogen and oxygen atoms in total. The molecule has 188 valence electrons. The molecule has 0 unspecified atom stereocenters. The number of carbonyl (C=O) groups excluding carboxylic acids is 2. The molecule has 0 spiro atoms. The van der Waals surface area contributed by atoms with Crippen LogP contribution in [-0.2, 0) is 24.8 Å². The van der Waals surface area contributed by atoms with Gasteiger partial charge in [-0.15, -0.1) is 0 Å². The molecule has 0 N–H and O–H groups in total. The van der Waals surface area contributed by atoms with Gasteiger partial charge in [0, 0.05) is 42.1 Å². The molecular weight excluding hydrogens is 460 g/mol. The third-order valence-corrected chi connectivity index (χ3v) is 6.38. The van der Waals surface area contributed by atoms with Gasteiger partial charge in [-0.1, -0.05) is 6.07 Å². The SMILES string of the molecule is COc1ccc(CCn2c(C)cc(C(=O)COC(=O)c3cnc4c(c3)c(C)nn4C)c2C)cc1OC.